The quantitative estimate of drug-likeness (QED) is 0.282. The number of benzene rings is 2. The zero-order valence-electron chi connectivity index (χ0n) is 22.1. The first kappa shape index (κ1) is 29.6. The molecule has 0 N–H and O–H groups in total. The molecule has 3 aromatic rings. The molecule has 0 saturated carbocycles. The molecule has 0 spiro atoms. The number of fused-ring (bicyclic) bond motifs is 1. The highest BCUT2D eigenvalue weighted by atomic mass is 32.1. The summed E-state index contributed by atoms with van der Waals surface area (Å²) < 4.78 is 80.7. The largest absolute Gasteiger partial charge is 0.416 e. The highest BCUT2D eigenvalue weighted by molar-refractivity contribution is 7.10. The zero-order chi connectivity index (χ0) is 29.4. The highest BCUT2D eigenvalue weighted by Crippen LogP contribution is 2.39. The number of carbonyl (C=O) groups excluding carboxylic acids is 2. The second-order valence-electron chi connectivity index (χ2n) is 9.93. The fraction of sp³-hybridized carbons (Fsp3) is 0.379. The average Bonchev–Trinajstić information content (AvgIpc) is 3.38. The van der Waals surface area contributed by atoms with Crippen LogP contribution in [0.2, 0.25) is 0 Å². The third kappa shape index (κ3) is 6.19. The summed E-state index contributed by atoms with van der Waals surface area (Å²) in [5.41, 5.74) is -1.07. The van der Waals surface area contributed by atoms with Crippen molar-refractivity contribution in [3.8, 4) is 0 Å². The van der Waals surface area contributed by atoms with Crippen molar-refractivity contribution in [1.82, 2.24) is 9.80 Å². The number of hydrogen-bond donors (Lipinski definition) is 0. The van der Waals surface area contributed by atoms with Crippen LogP contribution >= 0.6 is 11.3 Å². The monoisotopic (exact) mass is 582 g/mol. The van der Waals surface area contributed by atoms with E-state index in [4.69, 9.17) is 0 Å². The van der Waals surface area contributed by atoms with Gasteiger partial charge in [-0.05, 0) is 67.5 Å². The summed E-state index contributed by atoms with van der Waals surface area (Å²) in [6.07, 6.45) is -9.26. The molecule has 2 amide bonds. The van der Waals surface area contributed by atoms with Crippen LogP contribution in [0.5, 0.6) is 0 Å². The fourth-order valence-electron chi connectivity index (χ4n) is 4.82. The molecule has 11 heteroatoms. The topological polar surface area (TPSA) is 40.6 Å². The standard InChI is InChI=1S/C29H28F6N2O2S/c1-4-18(3)37(27(39)20-13-21(28(30,31)32)15-22(14-20)29(33,34)35)16-25(38)36-11-9-24-23(10-12-40-24)26(36)19-7-5-17(2)6-8-19/h5-8,10,12-15,18,26H,4,9,11,16H2,1-3H3. The lowest BCUT2D eigenvalue weighted by Gasteiger charge is -2.38. The number of carbonyl (C=O) groups is 2. The Bertz CT molecular complexity index is 1350. The maximum Gasteiger partial charge on any atom is 0.416 e. The Labute approximate surface area is 232 Å². The van der Waals surface area contributed by atoms with Crippen molar-refractivity contribution in [2.45, 2.75) is 58.0 Å². The predicted octanol–water partition coefficient (Wildman–Crippen LogP) is 7.51. The number of rotatable bonds is 6. The van der Waals surface area contributed by atoms with E-state index in [-0.39, 0.29) is 6.07 Å². The number of nitrogens with zero attached hydrogens (tertiary/aromatic N) is 2. The lowest BCUT2D eigenvalue weighted by molar-refractivity contribution is -0.143. The molecule has 2 atom stereocenters. The van der Waals surface area contributed by atoms with Gasteiger partial charge in [-0.25, -0.2) is 0 Å². The lowest BCUT2D eigenvalue weighted by atomic mass is 9.92. The number of alkyl halides is 6. The Morgan fingerprint density at radius 1 is 1.00 bits per heavy atom. The van der Waals surface area contributed by atoms with Crippen LogP contribution in [0.25, 0.3) is 0 Å². The molecule has 4 nitrogen and oxygen atoms in total. The molecule has 0 fully saturated rings. The third-order valence-electron chi connectivity index (χ3n) is 7.20. The summed E-state index contributed by atoms with van der Waals surface area (Å²) in [4.78, 5) is 31.1. The molecular weight excluding hydrogens is 554 g/mol. The van der Waals surface area contributed by atoms with E-state index in [0.717, 1.165) is 26.5 Å². The SMILES string of the molecule is CCC(C)N(CC(=O)N1CCc2sccc2C1c1ccc(C)cc1)C(=O)c1cc(C(F)(F)F)cc(C(F)(F)F)c1. The minimum Gasteiger partial charge on any atom is -0.330 e. The van der Waals surface area contributed by atoms with E-state index in [0.29, 0.717) is 31.5 Å². The Balaban J connectivity index is 1.70. The van der Waals surface area contributed by atoms with Crippen LogP contribution in [0.4, 0.5) is 26.3 Å². The Kier molecular flexibility index (Phi) is 8.35. The molecule has 0 bridgehead atoms. The first-order valence-electron chi connectivity index (χ1n) is 12.7. The summed E-state index contributed by atoms with van der Waals surface area (Å²) in [6.45, 7) is 5.13. The van der Waals surface area contributed by atoms with Gasteiger partial charge in [-0.15, -0.1) is 11.3 Å². The smallest absolute Gasteiger partial charge is 0.330 e. The summed E-state index contributed by atoms with van der Waals surface area (Å²) in [6, 6.07) is 9.39. The van der Waals surface area contributed by atoms with Crippen LogP contribution in [0, 0.1) is 6.92 Å². The van der Waals surface area contributed by atoms with Crippen LogP contribution in [0.3, 0.4) is 0 Å². The van der Waals surface area contributed by atoms with Crippen molar-refractivity contribution < 1.29 is 35.9 Å². The van der Waals surface area contributed by atoms with Gasteiger partial charge < -0.3 is 9.80 Å². The van der Waals surface area contributed by atoms with Gasteiger partial charge >= 0.3 is 12.4 Å². The van der Waals surface area contributed by atoms with Gasteiger partial charge in [0, 0.05) is 23.0 Å². The van der Waals surface area contributed by atoms with Crippen molar-refractivity contribution in [3.05, 3.63) is 92.2 Å². The molecule has 0 saturated heterocycles. The summed E-state index contributed by atoms with van der Waals surface area (Å²) in [5, 5.41) is 1.95. The van der Waals surface area contributed by atoms with E-state index < -0.39 is 59.5 Å². The van der Waals surface area contributed by atoms with Crippen molar-refractivity contribution in [2.24, 2.45) is 0 Å². The van der Waals surface area contributed by atoms with Crippen molar-refractivity contribution in [1.29, 1.82) is 0 Å². The Morgan fingerprint density at radius 3 is 2.15 bits per heavy atom. The van der Waals surface area contributed by atoms with Crippen molar-refractivity contribution >= 4 is 23.2 Å². The first-order chi connectivity index (χ1) is 18.7. The third-order valence-corrected chi connectivity index (χ3v) is 8.20. The molecule has 1 aliphatic rings. The van der Waals surface area contributed by atoms with Gasteiger partial charge in [0.2, 0.25) is 5.91 Å². The second kappa shape index (κ2) is 11.3. The number of hydrogen-bond acceptors (Lipinski definition) is 3. The van der Waals surface area contributed by atoms with Gasteiger partial charge in [0.05, 0.1) is 17.2 Å². The molecule has 1 aliphatic heterocycles. The van der Waals surface area contributed by atoms with Crippen LogP contribution < -0.4 is 0 Å². The highest BCUT2D eigenvalue weighted by Gasteiger charge is 2.39. The minimum atomic E-state index is -5.10. The molecule has 2 unspecified atom stereocenters. The first-order valence-corrected chi connectivity index (χ1v) is 13.6. The molecular formula is C29H28F6N2O2S. The number of aryl methyl sites for hydroxylation is 1. The minimum absolute atomic E-state index is 0.0200. The van der Waals surface area contributed by atoms with E-state index in [1.54, 1.807) is 30.1 Å². The zero-order valence-corrected chi connectivity index (χ0v) is 22.9. The number of thiophene rings is 1. The molecule has 2 aromatic carbocycles. The Morgan fingerprint density at radius 2 is 1.60 bits per heavy atom. The lowest BCUT2D eigenvalue weighted by Crippen LogP contribution is -2.49. The van der Waals surface area contributed by atoms with Gasteiger partial charge in [0.1, 0.15) is 6.54 Å². The molecule has 40 heavy (non-hydrogen) atoms. The summed E-state index contributed by atoms with van der Waals surface area (Å²) >= 11 is 1.59. The van der Waals surface area contributed by atoms with Gasteiger partial charge in [0.25, 0.3) is 5.91 Å². The summed E-state index contributed by atoms with van der Waals surface area (Å²) in [5.74, 6) is -1.52. The average molecular weight is 583 g/mol. The number of amides is 2. The molecule has 4 rings (SSSR count). The van der Waals surface area contributed by atoms with Gasteiger partial charge in [0.15, 0.2) is 0 Å². The van der Waals surface area contributed by atoms with E-state index in [2.05, 4.69) is 0 Å². The maximum absolute atomic E-state index is 13.8. The van der Waals surface area contributed by atoms with Crippen LogP contribution in [0.15, 0.2) is 53.9 Å². The maximum atomic E-state index is 13.8. The van der Waals surface area contributed by atoms with Crippen LogP contribution in [-0.2, 0) is 23.6 Å². The molecule has 0 aliphatic carbocycles. The van der Waals surface area contributed by atoms with E-state index in [1.165, 1.54) is 0 Å². The van der Waals surface area contributed by atoms with Crippen LogP contribution in [-0.4, -0.2) is 40.7 Å². The van der Waals surface area contributed by atoms with E-state index in [1.807, 2.05) is 42.6 Å². The molecule has 214 valence electrons. The summed E-state index contributed by atoms with van der Waals surface area (Å²) in [7, 11) is 0. The van der Waals surface area contributed by atoms with Crippen LogP contribution in [0.1, 0.15) is 69.4 Å². The van der Waals surface area contributed by atoms with Gasteiger partial charge in [-0.1, -0.05) is 36.8 Å². The molecule has 2 heterocycles. The van der Waals surface area contributed by atoms with E-state index in [9.17, 15) is 35.9 Å². The predicted molar refractivity (Wildman–Crippen MR) is 140 cm³/mol. The van der Waals surface area contributed by atoms with Gasteiger partial charge in [-0.2, -0.15) is 26.3 Å². The second-order valence-corrected chi connectivity index (χ2v) is 10.9. The van der Waals surface area contributed by atoms with Crippen molar-refractivity contribution in [2.75, 3.05) is 13.1 Å². The Hall–Kier alpha value is -3.34. The fourth-order valence-corrected chi connectivity index (χ4v) is 5.73. The van der Waals surface area contributed by atoms with Crippen molar-refractivity contribution in [3.63, 3.8) is 0 Å². The van der Waals surface area contributed by atoms with E-state index >= 15 is 0 Å². The number of halogens is 6. The van der Waals surface area contributed by atoms with Gasteiger partial charge in [-0.3, -0.25) is 9.59 Å². The molecule has 1 aromatic heterocycles. The molecule has 0 radical (unpaired) electrons. The normalized spacial score (nSPS) is 16.4.